The smallest absolute Gasteiger partial charge is 0.123 e. The van der Waals surface area contributed by atoms with Crippen molar-refractivity contribution in [3.8, 4) is 5.69 Å². The lowest BCUT2D eigenvalue weighted by Gasteiger charge is -2.06. The molecular formula is C15H13FN2O. The molecule has 19 heavy (non-hydrogen) atoms. The van der Waals surface area contributed by atoms with E-state index in [1.807, 2.05) is 19.1 Å². The van der Waals surface area contributed by atoms with E-state index in [0.717, 1.165) is 27.7 Å². The van der Waals surface area contributed by atoms with Gasteiger partial charge in [0.15, 0.2) is 0 Å². The minimum Gasteiger partial charge on any atom is -0.392 e. The standard InChI is InChI=1S/C15H13FN2O/c1-10-6-15-11(7-12(10)9-19)8-17-18(15)14-4-2-13(16)3-5-14/h2-8,19H,9H2,1H3. The van der Waals surface area contributed by atoms with Gasteiger partial charge in [-0.2, -0.15) is 5.10 Å². The first kappa shape index (κ1) is 11.9. The lowest BCUT2D eigenvalue weighted by atomic mass is 10.1. The van der Waals surface area contributed by atoms with E-state index in [1.165, 1.54) is 12.1 Å². The van der Waals surface area contributed by atoms with Crippen LogP contribution in [0.25, 0.3) is 16.6 Å². The van der Waals surface area contributed by atoms with Crippen molar-refractivity contribution >= 4 is 10.9 Å². The van der Waals surface area contributed by atoms with E-state index < -0.39 is 0 Å². The van der Waals surface area contributed by atoms with Gasteiger partial charge in [0, 0.05) is 5.39 Å². The monoisotopic (exact) mass is 256 g/mol. The average Bonchev–Trinajstić information content (AvgIpc) is 2.81. The first-order chi connectivity index (χ1) is 9.19. The molecule has 1 N–H and O–H groups in total. The van der Waals surface area contributed by atoms with Crippen molar-refractivity contribution in [1.29, 1.82) is 0 Å². The van der Waals surface area contributed by atoms with Gasteiger partial charge in [-0.1, -0.05) is 0 Å². The van der Waals surface area contributed by atoms with Crippen LogP contribution in [-0.4, -0.2) is 14.9 Å². The van der Waals surface area contributed by atoms with E-state index in [2.05, 4.69) is 5.10 Å². The second-order valence-electron chi connectivity index (χ2n) is 4.53. The van der Waals surface area contributed by atoms with Crippen LogP contribution in [0.5, 0.6) is 0 Å². The maximum atomic E-state index is 12.9. The number of aliphatic hydroxyl groups excluding tert-OH is 1. The molecule has 4 heteroatoms. The summed E-state index contributed by atoms with van der Waals surface area (Å²) in [6.07, 6.45) is 1.75. The molecule has 0 saturated carbocycles. The second-order valence-corrected chi connectivity index (χ2v) is 4.53. The van der Waals surface area contributed by atoms with Gasteiger partial charge in [0.2, 0.25) is 0 Å². The number of fused-ring (bicyclic) bond motifs is 1. The van der Waals surface area contributed by atoms with Gasteiger partial charge < -0.3 is 5.11 Å². The molecule has 0 aliphatic heterocycles. The first-order valence-electron chi connectivity index (χ1n) is 6.03. The van der Waals surface area contributed by atoms with Crippen LogP contribution in [-0.2, 0) is 6.61 Å². The van der Waals surface area contributed by atoms with Crippen molar-refractivity contribution in [2.75, 3.05) is 0 Å². The number of hydrogen-bond acceptors (Lipinski definition) is 2. The molecule has 0 amide bonds. The van der Waals surface area contributed by atoms with Gasteiger partial charge in [-0.05, 0) is 54.4 Å². The Kier molecular flexibility index (Phi) is 2.80. The number of halogens is 1. The molecule has 0 spiro atoms. The number of hydrogen-bond donors (Lipinski definition) is 1. The normalized spacial score (nSPS) is 11.1. The fourth-order valence-electron chi connectivity index (χ4n) is 2.18. The predicted molar refractivity (Wildman–Crippen MR) is 71.7 cm³/mol. The van der Waals surface area contributed by atoms with Crippen LogP contribution in [0.15, 0.2) is 42.6 Å². The van der Waals surface area contributed by atoms with Crippen LogP contribution in [0.2, 0.25) is 0 Å². The predicted octanol–water partition coefficient (Wildman–Crippen LogP) is 2.97. The van der Waals surface area contributed by atoms with Crippen molar-refractivity contribution in [3.63, 3.8) is 0 Å². The summed E-state index contributed by atoms with van der Waals surface area (Å²) in [5.41, 5.74) is 3.67. The Labute approximate surface area is 109 Å². The van der Waals surface area contributed by atoms with Gasteiger partial charge in [0.1, 0.15) is 5.82 Å². The summed E-state index contributed by atoms with van der Waals surface area (Å²) < 4.78 is 14.7. The number of rotatable bonds is 2. The molecule has 0 saturated heterocycles. The highest BCUT2D eigenvalue weighted by Gasteiger charge is 2.08. The van der Waals surface area contributed by atoms with Gasteiger partial charge >= 0.3 is 0 Å². The Bertz CT molecular complexity index is 732. The number of aromatic nitrogens is 2. The highest BCUT2D eigenvalue weighted by Crippen LogP contribution is 2.22. The lowest BCUT2D eigenvalue weighted by molar-refractivity contribution is 0.281. The highest BCUT2D eigenvalue weighted by atomic mass is 19.1. The van der Waals surface area contributed by atoms with Crippen LogP contribution in [0.3, 0.4) is 0 Å². The Morgan fingerprint density at radius 1 is 1.21 bits per heavy atom. The zero-order valence-corrected chi connectivity index (χ0v) is 10.5. The summed E-state index contributed by atoms with van der Waals surface area (Å²) in [4.78, 5) is 0. The zero-order valence-electron chi connectivity index (χ0n) is 10.5. The molecule has 3 nitrogen and oxygen atoms in total. The first-order valence-corrected chi connectivity index (χ1v) is 6.03. The van der Waals surface area contributed by atoms with Crippen molar-refractivity contribution in [2.45, 2.75) is 13.5 Å². The summed E-state index contributed by atoms with van der Waals surface area (Å²) in [5, 5.41) is 14.5. The average molecular weight is 256 g/mol. The van der Waals surface area contributed by atoms with Gasteiger partial charge in [0.25, 0.3) is 0 Å². The fourth-order valence-corrected chi connectivity index (χ4v) is 2.18. The third-order valence-electron chi connectivity index (χ3n) is 3.27. The lowest BCUT2D eigenvalue weighted by Crippen LogP contribution is -1.97. The molecule has 3 aromatic rings. The van der Waals surface area contributed by atoms with Crippen LogP contribution < -0.4 is 0 Å². The van der Waals surface area contributed by atoms with E-state index in [9.17, 15) is 9.50 Å². The fraction of sp³-hybridized carbons (Fsp3) is 0.133. The molecule has 0 aliphatic rings. The molecule has 0 unspecified atom stereocenters. The van der Waals surface area contributed by atoms with Crippen molar-refractivity contribution in [1.82, 2.24) is 9.78 Å². The van der Waals surface area contributed by atoms with Gasteiger partial charge in [0.05, 0.1) is 24.0 Å². The minimum atomic E-state index is -0.265. The molecule has 1 heterocycles. The van der Waals surface area contributed by atoms with Crippen LogP contribution in [0.4, 0.5) is 4.39 Å². The highest BCUT2D eigenvalue weighted by molar-refractivity contribution is 5.82. The molecule has 0 radical (unpaired) electrons. The largest absolute Gasteiger partial charge is 0.392 e. The number of benzene rings is 2. The van der Waals surface area contributed by atoms with Crippen molar-refractivity contribution in [2.24, 2.45) is 0 Å². The Hall–Kier alpha value is -2.20. The molecule has 0 bridgehead atoms. The molecule has 3 rings (SSSR count). The third-order valence-corrected chi connectivity index (χ3v) is 3.27. The number of aryl methyl sites for hydroxylation is 1. The van der Waals surface area contributed by atoms with Crippen LogP contribution in [0, 0.1) is 12.7 Å². The van der Waals surface area contributed by atoms with E-state index in [1.54, 1.807) is 23.0 Å². The summed E-state index contributed by atoms with van der Waals surface area (Å²) in [5.74, 6) is -0.265. The molecule has 2 aromatic carbocycles. The maximum Gasteiger partial charge on any atom is 0.123 e. The Morgan fingerprint density at radius 3 is 2.63 bits per heavy atom. The van der Waals surface area contributed by atoms with Gasteiger partial charge in [-0.3, -0.25) is 0 Å². The van der Waals surface area contributed by atoms with E-state index in [4.69, 9.17) is 0 Å². The Morgan fingerprint density at radius 2 is 1.95 bits per heavy atom. The SMILES string of the molecule is Cc1cc2c(cnn2-c2ccc(F)cc2)cc1CO. The van der Waals surface area contributed by atoms with E-state index >= 15 is 0 Å². The third kappa shape index (κ3) is 2.00. The van der Waals surface area contributed by atoms with Crippen LogP contribution >= 0.6 is 0 Å². The minimum absolute atomic E-state index is 0.0174. The van der Waals surface area contributed by atoms with Gasteiger partial charge in [-0.25, -0.2) is 9.07 Å². The second kappa shape index (κ2) is 4.48. The number of nitrogens with zero attached hydrogens (tertiary/aromatic N) is 2. The molecule has 1 aromatic heterocycles. The van der Waals surface area contributed by atoms with E-state index in [0.29, 0.717) is 0 Å². The Balaban J connectivity index is 2.20. The van der Waals surface area contributed by atoms with Crippen molar-refractivity contribution < 1.29 is 9.50 Å². The summed E-state index contributed by atoms with van der Waals surface area (Å²) in [6.45, 7) is 1.97. The summed E-state index contributed by atoms with van der Waals surface area (Å²) in [6, 6.07) is 10.1. The van der Waals surface area contributed by atoms with E-state index in [-0.39, 0.29) is 12.4 Å². The molecule has 0 fully saturated rings. The molecule has 0 atom stereocenters. The quantitative estimate of drug-likeness (QED) is 0.765. The zero-order chi connectivity index (χ0) is 13.4. The molecular weight excluding hydrogens is 243 g/mol. The maximum absolute atomic E-state index is 12.9. The summed E-state index contributed by atoms with van der Waals surface area (Å²) >= 11 is 0. The van der Waals surface area contributed by atoms with Gasteiger partial charge in [-0.15, -0.1) is 0 Å². The molecule has 96 valence electrons. The number of aliphatic hydroxyl groups is 1. The van der Waals surface area contributed by atoms with Crippen molar-refractivity contribution in [3.05, 3.63) is 59.5 Å². The van der Waals surface area contributed by atoms with Crippen LogP contribution in [0.1, 0.15) is 11.1 Å². The summed E-state index contributed by atoms with van der Waals surface area (Å²) in [7, 11) is 0. The molecule has 0 aliphatic carbocycles. The topological polar surface area (TPSA) is 38.0 Å².